The summed E-state index contributed by atoms with van der Waals surface area (Å²) in [7, 11) is 1.50. The Morgan fingerprint density at radius 3 is 2.45 bits per heavy atom. The van der Waals surface area contributed by atoms with Gasteiger partial charge in [-0.2, -0.15) is 22.0 Å². The highest BCUT2D eigenvalue weighted by atomic mass is 35.5. The number of carbonyl (C=O) groups is 2. The van der Waals surface area contributed by atoms with Crippen molar-refractivity contribution in [3.63, 3.8) is 0 Å². The minimum Gasteiger partial charge on any atom is -0.433 e. The molecule has 1 aliphatic heterocycles. The molecule has 1 aromatic heterocycles. The number of aromatic nitrogens is 1. The summed E-state index contributed by atoms with van der Waals surface area (Å²) in [6, 6.07) is 2.48. The highest BCUT2D eigenvalue weighted by Crippen LogP contribution is 2.38. The molecule has 1 aromatic carbocycles. The maximum Gasteiger partial charge on any atom is 0.417 e. The van der Waals surface area contributed by atoms with Crippen molar-refractivity contribution in [1.29, 1.82) is 0 Å². The lowest BCUT2D eigenvalue weighted by molar-refractivity contribution is -0.138. The normalized spacial score (nSPS) is 13.5. The topological polar surface area (TPSA) is 120 Å². The van der Waals surface area contributed by atoms with E-state index in [1.807, 2.05) is 5.32 Å². The highest BCUT2D eigenvalue weighted by Gasteiger charge is 2.35. The Hall–Kier alpha value is -3.72. The van der Waals surface area contributed by atoms with Gasteiger partial charge in [-0.25, -0.2) is 5.53 Å². The fraction of sp³-hybridized carbons (Fsp3) is 0.176. The van der Waals surface area contributed by atoms with E-state index in [1.54, 1.807) is 0 Å². The number of alkyl halides is 5. The smallest absolute Gasteiger partial charge is 0.417 e. The Bertz CT molecular complexity index is 1110. The summed E-state index contributed by atoms with van der Waals surface area (Å²) in [4.78, 5) is 28.6. The maximum atomic E-state index is 13.2. The SMILES string of the molecule is CN1NNN=C1NC(=O)c1ccc(OC(F)F)c(NC(=O)c2cnccc2C(F)(F)F)c1Cl. The van der Waals surface area contributed by atoms with Crippen molar-refractivity contribution in [3.8, 4) is 5.75 Å². The van der Waals surface area contributed by atoms with Gasteiger partial charge in [-0.3, -0.25) is 24.9 Å². The van der Waals surface area contributed by atoms with E-state index in [0.29, 0.717) is 12.3 Å². The number of hydrazone groups is 1. The summed E-state index contributed by atoms with van der Waals surface area (Å²) in [5.41, 5.74) is 1.68. The van der Waals surface area contributed by atoms with Gasteiger partial charge in [-0.15, -0.1) is 10.6 Å². The number of hydrogen-bond acceptors (Lipinski definition) is 8. The highest BCUT2D eigenvalue weighted by molar-refractivity contribution is 6.37. The van der Waals surface area contributed by atoms with Gasteiger partial charge in [-0.05, 0) is 18.2 Å². The Morgan fingerprint density at radius 1 is 1.15 bits per heavy atom. The molecule has 2 aromatic rings. The zero-order valence-electron chi connectivity index (χ0n) is 16.3. The first kappa shape index (κ1) is 23.9. The standard InChI is InChI=1S/C17H13ClF5N7O3/c1-30-16(27-28-29-30)26-13(31)7-2-3-10(33-15(19)20)12(11(7)18)25-14(32)8-6-24-5-4-9(8)17(21,22)23/h2-6,15,28-29H,1H3,(H,25,32)(H,26,27,31). The molecule has 1 aliphatic rings. The number of nitrogens with zero attached hydrogens (tertiary/aromatic N) is 3. The first-order chi connectivity index (χ1) is 15.5. The number of halogens is 6. The van der Waals surface area contributed by atoms with Gasteiger partial charge in [0.2, 0.25) is 5.96 Å². The Balaban J connectivity index is 1.98. The molecule has 0 fully saturated rings. The number of amides is 2. The third kappa shape index (κ3) is 5.38. The molecule has 176 valence electrons. The third-order valence-corrected chi connectivity index (χ3v) is 4.49. The molecule has 33 heavy (non-hydrogen) atoms. The van der Waals surface area contributed by atoms with Crippen LogP contribution in [0.4, 0.5) is 27.6 Å². The lowest BCUT2D eigenvalue weighted by Crippen LogP contribution is -2.45. The molecule has 10 nitrogen and oxygen atoms in total. The van der Waals surface area contributed by atoms with Crippen molar-refractivity contribution in [2.45, 2.75) is 12.8 Å². The molecule has 0 saturated heterocycles. The lowest BCUT2D eigenvalue weighted by atomic mass is 10.1. The van der Waals surface area contributed by atoms with Gasteiger partial charge >= 0.3 is 12.8 Å². The van der Waals surface area contributed by atoms with Crippen LogP contribution < -0.4 is 26.4 Å². The van der Waals surface area contributed by atoms with Crippen LogP contribution in [-0.2, 0) is 6.18 Å². The molecule has 4 N–H and O–H groups in total. The minimum absolute atomic E-state index is 0.0136. The van der Waals surface area contributed by atoms with Gasteiger partial charge < -0.3 is 10.1 Å². The second-order valence-electron chi connectivity index (χ2n) is 6.22. The molecule has 16 heteroatoms. The summed E-state index contributed by atoms with van der Waals surface area (Å²) in [6.07, 6.45) is -3.43. The quantitative estimate of drug-likeness (QED) is 0.473. The molecule has 0 unspecified atom stereocenters. The van der Waals surface area contributed by atoms with Gasteiger partial charge in [-0.1, -0.05) is 11.6 Å². The van der Waals surface area contributed by atoms with Gasteiger partial charge in [0.25, 0.3) is 11.8 Å². The Morgan fingerprint density at radius 2 is 1.85 bits per heavy atom. The predicted octanol–water partition coefficient (Wildman–Crippen LogP) is 2.56. The van der Waals surface area contributed by atoms with Gasteiger partial charge in [0.05, 0.1) is 21.7 Å². The lowest BCUT2D eigenvalue weighted by Gasteiger charge is -2.18. The van der Waals surface area contributed by atoms with Crippen LogP contribution in [0.15, 0.2) is 35.7 Å². The second-order valence-corrected chi connectivity index (χ2v) is 6.60. The van der Waals surface area contributed by atoms with Crippen LogP contribution in [0, 0.1) is 0 Å². The van der Waals surface area contributed by atoms with Crippen LogP contribution in [-0.4, -0.2) is 41.4 Å². The van der Waals surface area contributed by atoms with Crippen molar-refractivity contribution in [3.05, 3.63) is 52.3 Å². The summed E-state index contributed by atoms with van der Waals surface area (Å²) in [6.45, 7) is -3.36. The number of hydrazine groups is 2. The Kier molecular flexibility index (Phi) is 6.83. The van der Waals surface area contributed by atoms with E-state index in [2.05, 4.69) is 31.2 Å². The minimum atomic E-state index is -4.90. The zero-order chi connectivity index (χ0) is 24.3. The molecule has 3 rings (SSSR count). The number of nitrogens with one attached hydrogen (secondary N) is 4. The molecular weight excluding hydrogens is 481 g/mol. The van der Waals surface area contributed by atoms with Gasteiger partial charge in [0.15, 0.2) is 5.75 Å². The molecule has 0 atom stereocenters. The average molecular weight is 494 g/mol. The van der Waals surface area contributed by atoms with Crippen molar-refractivity contribution in [2.75, 3.05) is 12.4 Å². The number of pyridine rings is 1. The van der Waals surface area contributed by atoms with E-state index in [4.69, 9.17) is 11.6 Å². The van der Waals surface area contributed by atoms with Crippen molar-refractivity contribution in [2.24, 2.45) is 5.10 Å². The monoisotopic (exact) mass is 493 g/mol. The molecular formula is C17H13ClF5N7O3. The zero-order valence-corrected chi connectivity index (χ0v) is 17.1. The number of rotatable bonds is 5. The van der Waals surface area contributed by atoms with E-state index >= 15 is 0 Å². The van der Waals surface area contributed by atoms with Crippen LogP contribution in [0.5, 0.6) is 5.75 Å². The largest absolute Gasteiger partial charge is 0.433 e. The van der Waals surface area contributed by atoms with Crippen LogP contribution >= 0.6 is 11.6 Å². The summed E-state index contributed by atoms with van der Waals surface area (Å²) < 4.78 is 69.7. The van der Waals surface area contributed by atoms with E-state index in [9.17, 15) is 31.5 Å². The molecule has 0 radical (unpaired) electrons. The van der Waals surface area contributed by atoms with E-state index in [1.165, 1.54) is 12.1 Å². The molecule has 2 amide bonds. The molecule has 2 heterocycles. The average Bonchev–Trinajstić information content (AvgIpc) is 3.13. The Labute approximate surface area is 186 Å². The molecule has 0 spiro atoms. The van der Waals surface area contributed by atoms with Crippen LogP contribution in [0.1, 0.15) is 26.3 Å². The number of carbonyl (C=O) groups excluding carboxylic acids is 2. The van der Waals surface area contributed by atoms with E-state index < -0.39 is 52.2 Å². The summed E-state index contributed by atoms with van der Waals surface area (Å²) in [5.74, 6) is -2.91. The van der Waals surface area contributed by atoms with Crippen molar-refractivity contribution < 1.29 is 36.3 Å². The second kappa shape index (κ2) is 9.41. The van der Waals surface area contributed by atoms with Crippen LogP contribution in [0.3, 0.4) is 0 Å². The fourth-order valence-electron chi connectivity index (χ4n) is 2.61. The molecule has 0 bridgehead atoms. The van der Waals surface area contributed by atoms with Crippen molar-refractivity contribution >= 4 is 35.1 Å². The number of benzene rings is 1. The van der Waals surface area contributed by atoms with Gasteiger partial charge in [0, 0.05) is 19.4 Å². The van der Waals surface area contributed by atoms with Crippen LogP contribution in [0.2, 0.25) is 5.02 Å². The number of anilines is 1. The first-order valence-corrected chi connectivity index (χ1v) is 9.10. The summed E-state index contributed by atoms with van der Waals surface area (Å²) >= 11 is 6.15. The van der Waals surface area contributed by atoms with E-state index in [-0.39, 0.29) is 11.5 Å². The predicted molar refractivity (Wildman–Crippen MR) is 104 cm³/mol. The fourth-order valence-corrected chi connectivity index (χ4v) is 2.90. The van der Waals surface area contributed by atoms with Crippen LogP contribution in [0.25, 0.3) is 0 Å². The molecule has 0 aliphatic carbocycles. The summed E-state index contributed by atoms with van der Waals surface area (Å²) in [5, 5.41) is 8.77. The van der Waals surface area contributed by atoms with Gasteiger partial charge in [0.1, 0.15) is 5.69 Å². The number of hydrogen-bond donors (Lipinski definition) is 4. The van der Waals surface area contributed by atoms with E-state index in [0.717, 1.165) is 18.3 Å². The number of guanidine groups is 1. The maximum absolute atomic E-state index is 13.2. The third-order valence-electron chi connectivity index (χ3n) is 4.10. The molecule has 0 saturated carbocycles. The van der Waals surface area contributed by atoms with Crippen molar-refractivity contribution in [1.82, 2.24) is 26.4 Å². The number of ether oxygens (including phenoxy) is 1. The first-order valence-electron chi connectivity index (χ1n) is 8.72.